The van der Waals surface area contributed by atoms with Crippen molar-refractivity contribution >= 4 is 57.7 Å². The van der Waals surface area contributed by atoms with E-state index in [1.165, 1.54) is 6.07 Å². The minimum atomic E-state index is -0.929. The zero-order valence-corrected chi connectivity index (χ0v) is 19.6. The maximum absolute atomic E-state index is 13.6. The molecule has 1 fully saturated rings. The fraction of sp³-hybridized carbons (Fsp3) is 0.304. The predicted octanol–water partition coefficient (Wildman–Crippen LogP) is 5.21. The molecule has 9 heteroatoms. The SMILES string of the molecule is CC1(C)C2CCC1(C(=O)NNC(=O)c1cccc(Cl)c1)c1nc3cc(Cl)c(Cl)cc3nc12. The van der Waals surface area contributed by atoms with Gasteiger partial charge in [-0.15, -0.1) is 0 Å². The van der Waals surface area contributed by atoms with Crippen LogP contribution in [0, 0.1) is 5.41 Å². The number of amides is 2. The van der Waals surface area contributed by atoms with Crippen LogP contribution in [0.25, 0.3) is 11.0 Å². The van der Waals surface area contributed by atoms with Gasteiger partial charge in [0, 0.05) is 16.5 Å². The summed E-state index contributed by atoms with van der Waals surface area (Å²) >= 11 is 18.3. The van der Waals surface area contributed by atoms with Gasteiger partial charge >= 0.3 is 0 Å². The fourth-order valence-corrected chi connectivity index (χ4v) is 5.81. The number of carbonyl (C=O) groups excluding carboxylic acids is 2. The highest BCUT2D eigenvalue weighted by molar-refractivity contribution is 6.42. The van der Waals surface area contributed by atoms with E-state index < -0.39 is 16.7 Å². The summed E-state index contributed by atoms with van der Waals surface area (Å²) in [7, 11) is 0. The second-order valence-electron chi connectivity index (χ2n) is 8.85. The van der Waals surface area contributed by atoms with Crippen LogP contribution >= 0.6 is 34.8 Å². The number of hydrogen-bond acceptors (Lipinski definition) is 4. The highest BCUT2D eigenvalue weighted by Gasteiger charge is 2.68. The molecule has 2 aliphatic carbocycles. The highest BCUT2D eigenvalue weighted by Crippen LogP contribution is 2.67. The number of fused-ring (bicyclic) bond motifs is 6. The molecule has 0 aliphatic heterocycles. The molecule has 1 heterocycles. The number of halogens is 3. The molecular formula is C23H19Cl3N4O2. The van der Waals surface area contributed by atoms with E-state index in [0.717, 1.165) is 12.1 Å². The molecule has 32 heavy (non-hydrogen) atoms. The number of benzene rings is 2. The largest absolute Gasteiger partial charge is 0.272 e. The Bertz CT molecular complexity index is 1310. The maximum atomic E-state index is 13.6. The molecule has 2 N–H and O–H groups in total. The monoisotopic (exact) mass is 488 g/mol. The quantitative estimate of drug-likeness (QED) is 0.484. The summed E-state index contributed by atoms with van der Waals surface area (Å²) in [5, 5.41) is 1.23. The van der Waals surface area contributed by atoms with E-state index in [2.05, 4.69) is 24.7 Å². The number of nitrogens with one attached hydrogen (secondary N) is 2. The summed E-state index contributed by atoms with van der Waals surface area (Å²) in [4.78, 5) is 35.8. The van der Waals surface area contributed by atoms with Gasteiger partial charge in [0.1, 0.15) is 5.41 Å². The number of nitrogens with zero attached hydrogens (tertiary/aromatic N) is 2. The van der Waals surface area contributed by atoms with E-state index >= 15 is 0 Å². The molecule has 164 valence electrons. The maximum Gasteiger partial charge on any atom is 0.269 e. The first kappa shape index (κ1) is 21.4. The Labute approximate surface area is 199 Å². The first-order valence-corrected chi connectivity index (χ1v) is 11.3. The minimum absolute atomic E-state index is 0.0678. The summed E-state index contributed by atoms with van der Waals surface area (Å²) in [5.74, 6) is -0.695. The zero-order chi connectivity index (χ0) is 22.8. The van der Waals surface area contributed by atoms with Gasteiger partial charge in [-0.25, -0.2) is 9.97 Å². The van der Waals surface area contributed by atoms with E-state index in [1.54, 1.807) is 30.3 Å². The van der Waals surface area contributed by atoms with Crippen LogP contribution in [0.2, 0.25) is 15.1 Å². The van der Waals surface area contributed by atoms with E-state index in [0.29, 0.717) is 43.8 Å². The van der Waals surface area contributed by atoms with Gasteiger partial charge in [-0.2, -0.15) is 0 Å². The number of hydrazine groups is 1. The van der Waals surface area contributed by atoms with Gasteiger partial charge in [0.2, 0.25) is 0 Å². The predicted molar refractivity (Wildman–Crippen MR) is 124 cm³/mol. The van der Waals surface area contributed by atoms with Gasteiger partial charge in [-0.05, 0) is 48.6 Å². The zero-order valence-electron chi connectivity index (χ0n) is 17.3. The van der Waals surface area contributed by atoms with Crippen LogP contribution in [-0.4, -0.2) is 21.8 Å². The van der Waals surface area contributed by atoms with E-state index in [-0.39, 0.29) is 11.8 Å². The summed E-state index contributed by atoms with van der Waals surface area (Å²) in [6.07, 6.45) is 1.41. The molecule has 6 nitrogen and oxygen atoms in total. The Morgan fingerprint density at radius 2 is 1.69 bits per heavy atom. The van der Waals surface area contributed by atoms with Gasteiger partial charge < -0.3 is 0 Å². The molecule has 0 spiro atoms. The van der Waals surface area contributed by atoms with Crippen LogP contribution in [0.5, 0.6) is 0 Å². The van der Waals surface area contributed by atoms with Crippen molar-refractivity contribution < 1.29 is 9.59 Å². The first-order valence-electron chi connectivity index (χ1n) is 10.2. The van der Waals surface area contributed by atoms with Crippen LogP contribution in [-0.2, 0) is 10.2 Å². The van der Waals surface area contributed by atoms with Crippen LogP contribution in [0.4, 0.5) is 0 Å². The third-order valence-corrected chi connectivity index (χ3v) is 7.97. The molecule has 1 aromatic heterocycles. The Morgan fingerprint density at radius 1 is 1.00 bits per heavy atom. The second-order valence-corrected chi connectivity index (χ2v) is 10.1. The van der Waals surface area contributed by atoms with E-state index in [9.17, 15) is 9.59 Å². The fourth-order valence-electron chi connectivity index (χ4n) is 5.30. The molecule has 2 bridgehead atoms. The lowest BCUT2D eigenvalue weighted by molar-refractivity contribution is -0.130. The molecule has 2 aliphatic rings. The third-order valence-electron chi connectivity index (χ3n) is 7.01. The lowest BCUT2D eigenvalue weighted by Gasteiger charge is -2.36. The standard InChI is InChI=1S/C23H19Cl3N4O2/c1-22(2)13-6-7-23(22,21(32)30-29-20(31)11-4-3-5-12(24)8-11)19-18(13)27-16-9-14(25)15(26)10-17(16)28-19/h3-5,8-10,13H,6-7H2,1-2H3,(H,29,31)(H,30,32). The Hall–Kier alpha value is -2.41. The third kappa shape index (κ3) is 2.93. The summed E-state index contributed by atoms with van der Waals surface area (Å²) in [6, 6.07) is 9.87. The second kappa shape index (κ2) is 7.30. The average Bonchev–Trinajstić information content (AvgIpc) is 3.12. The van der Waals surface area contributed by atoms with Gasteiger partial charge in [0.15, 0.2) is 0 Å². The van der Waals surface area contributed by atoms with E-state index in [1.807, 2.05) is 0 Å². The Kier molecular flexibility index (Phi) is 4.89. The molecule has 2 aromatic carbocycles. The van der Waals surface area contributed by atoms with Crippen molar-refractivity contribution in [1.82, 2.24) is 20.8 Å². The summed E-state index contributed by atoms with van der Waals surface area (Å²) in [6.45, 7) is 4.11. The molecule has 2 atom stereocenters. The van der Waals surface area contributed by atoms with Crippen molar-refractivity contribution in [3.63, 3.8) is 0 Å². The van der Waals surface area contributed by atoms with Crippen molar-refractivity contribution in [3.8, 4) is 0 Å². The highest BCUT2D eigenvalue weighted by atomic mass is 35.5. The lowest BCUT2D eigenvalue weighted by Crippen LogP contribution is -2.54. The molecular weight excluding hydrogens is 471 g/mol. The molecule has 1 saturated carbocycles. The average molecular weight is 490 g/mol. The number of aromatic nitrogens is 2. The van der Waals surface area contributed by atoms with Crippen molar-refractivity contribution in [3.05, 3.63) is 68.4 Å². The van der Waals surface area contributed by atoms with Crippen LogP contribution in [0.1, 0.15) is 54.4 Å². The smallest absolute Gasteiger partial charge is 0.269 e. The number of carbonyl (C=O) groups is 2. The van der Waals surface area contributed by atoms with Gasteiger partial charge in [0.25, 0.3) is 11.8 Å². The van der Waals surface area contributed by atoms with Gasteiger partial charge in [0.05, 0.1) is 32.5 Å². The molecule has 0 saturated heterocycles. The minimum Gasteiger partial charge on any atom is -0.272 e. The van der Waals surface area contributed by atoms with Crippen molar-refractivity contribution in [2.45, 2.75) is 38.0 Å². The molecule has 0 radical (unpaired) electrons. The Morgan fingerprint density at radius 3 is 2.38 bits per heavy atom. The van der Waals surface area contributed by atoms with Crippen molar-refractivity contribution in [2.24, 2.45) is 5.41 Å². The number of hydrogen-bond donors (Lipinski definition) is 2. The normalized spacial score (nSPS) is 22.6. The topological polar surface area (TPSA) is 84.0 Å². The van der Waals surface area contributed by atoms with E-state index in [4.69, 9.17) is 44.8 Å². The Balaban J connectivity index is 1.52. The van der Waals surface area contributed by atoms with Gasteiger partial charge in [-0.1, -0.05) is 54.7 Å². The lowest BCUT2D eigenvalue weighted by atomic mass is 9.68. The molecule has 3 aromatic rings. The summed E-state index contributed by atoms with van der Waals surface area (Å²) < 4.78 is 0. The van der Waals surface area contributed by atoms with Crippen LogP contribution < -0.4 is 10.9 Å². The van der Waals surface area contributed by atoms with Crippen LogP contribution in [0.3, 0.4) is 0 Å². The number of rotatable bonds is 2. The first-order chi connectivity index (χ1) is 15.1. The van der Waals surface area contributed by atoms with Crippen molar-refractivity contribution in [2.75, 3.05) is 0 Å². The van der Waals surface area contributed by atoms with Crippen molar-refractivity contribution in [1.29, 1.82) is 0 Å². The molecule has 2 amide bonds. The van der Waals surface area contributed by atoms with Gasteiger partial charge in [-0.3, -0.25) is 20.4 Å². The summed E-state index contributed by atoms with van der Waals surface area (Å²) in [5.41, 5.74) is 6.80. The molecule has 2 unspecified atom stereocenters. The molecule has 5 rings (SSSR count). The van der Waals surface area contributed by atoms with Crippen LogP contribution in [0.15, 0.2) is 36.4 Å².